The van der Waals surface area contributed by atoms with E-state index in [9.17, 15) is 4.79 Å². The fourth-order valence-electron chi connectivity index (χ4n) is 10.7. The number of aromatic nitrogens is 3. The van der Waals surface area contributed by atoms with Crippen LogP contribution >= 0.6 is 11.3 Å². The van der Waals surface area contributed by atoms with Gasteiger partial charge in [0.2, 0.25) is 0 Å². The number of benzene rings is 2. The summed E-state index contributed by atoms with van der Waals surface area (Å²) < 4.78 is 52.6. The number of carbonyl (C=O) groups is 1. The molecule has 0 radical (unpaired) electrons. The summed E-state index contributed by atoms with van der Waals surface area (Å²) in [4.78, 5) is 35.7. The second kappa shape index (κ2) is 18.0. The van der Waals surface area contributed by atoms with Crippen molar-refractivity contribution in [3.8, 4) is 34.2 Å². The topological polar surface area (TPSA) is 121 Å². The monoisotopic (exact) mass is 902 g/mol. The third-order valence-corrected chi connectivity index (χ3v) is 20.6. The fourth-order valence-corrected chi connectivity index (χ4v) is 16.7. The number of fused-ring (bicyclic) bond motifs is 5. The molecule has 4 aliphatic rings. The molecule has 0 aliphatic carbocycles. The SMILES string of the molecule is COCOc1cc(Oc2nc3c(N4CC5COCC(C4)N5C(=O)OC(C)(C)C)nc(OCC45CCCN4CCC5)nc3s2)c2c(C#C[Si](C(C)C)(C(C)C)C(C)C)c(F)ccc2c1. The molecule has 2 aromatic heterocycles. The van der Waals surface area contributed by atoms with E-state index in [2.05, 4.69) is 62.8 Å². The van der Waals surface area contributed by atoms with E-state index in [4.69, 9.17) is 43.4 Å². The second-order valence-corrected chi connectivity index (χ2v) is 26.1. The standard InChI is InChI=1S/C47H63FN6O7SSi/c1-29(2)63(30(3)4,31(5)6)20-15-36-37(48)14-13-32-21-35(59-28-56-10)22-38(39(32)36)60-44-49-40-41(52-23-33-25-57-26-34(24-52)54(33)45(55)61-46(7,8)9)50-43(51-42(40)62-44)58-27-47-16-11-18-53(47)19-12-17-47/h13-14,21-22,29-31,33-34H,11-12,16-19,23-28H2,1-10H3. The molecule has 340 valence electrons. The van der Waals surface area contributed by atoms with Gasteiger partial charge in [0.15, 0.2) is 17.4 Å². The van der Waals surface area contributed by atoms with Gasteiger partial charge < -0.3 is 33.3 Å². The lowest BCUT2D eigenvalue weighted by molar-refractivity contribution is -0.0665. The van der Waals surface area contributed by atoms with E-state index >= 15 is 4.39 Å². The largest absolute Gasteiger partial charge is 0.467 e. The first-order chi connectivity index (χ1) is 30.0. The lowest BCUT2D eigenvalue weighted by atomic mass is 9.95. The maximum absolute atomic E-state index is 16.2. The summed E-state index contributed by atoms with van der Waals surface area (Å²) in [7, 11) is -0.678. The van der Waals surface area contributed by atoms with Gasteiger partial charge in [0.25, 0.3) is 5.19 Å². The van der Waals surface area contributed by atoms with Crippen LogP contribution in [-0.2, 0) is 14.2 Å². The summed E-state index contributed by atoms with van der Waals surface area (Å²) in [5, 5.41) is 1.52. The molecular weight excluding hydrogens is 840 g/mol. The molecule has 4 saturated heterocycles. The highest BCUT2D eigenvalue weighted by Crippen LogP contribution is 2.44. The van der Waals surface area contributed by atoms with Crippen LogP contribution in [0.5, 0.6) is 22.7 Å². The van der Waals surface area contributed by atoms with Gasteiger partial charge in [0.1, 0.15) is 43.1 Å². The molecule has 4 aromatic rings. The minimum atomic E-state index is -2.24. The van der Waals surface area contributed by atoms with Gasteiger partial charge >= 0.3 is 12.1 Å². The average Bonchev–Trinajstić information content (AvgIpc) is 3.93. The van der Waals surface area contributed by atoms with Gasteiger partial charge in [-0.2, -0.15) is 15.0 Å². The zero-order valence-corrected chi connectivity index (χ0v) is 40.3. The number of anilines is 1. The number of thiazole rings is 1. The summed E-state index contributed by atoms with van der Waals surface area (Å²) in [6, 6.07) is 6.48. The molecule has 0 N–H and O–H groups in total. The maximum Gasteiger partial charge on any atom is 0.411 e. The third kappa shape index (κ3) is 8.92. The van der Waals surface area contributed by atoms with Crippen molar-refractivity contribution in [2.24, 2.45) is 0 Å². The first kappa shape index (κ1) is 45.3. The number of morpholine rings is 1. The van der Waals surface area contributed by atoms with Crippen molar-refractivity contribution in [2.45, 2.75) is 128 Å². The van der Waals surface area contributed by atoms with Crippen molar-refractivity contribution in [2.75, 3.05) is 64.8 Å². The number of methoxy groups -OCH3 is 1. The van der Waals surface area contributed by atoms with E-state index in [0.717, 1.165) is 38.8 Å². The van der Waals surface area contributed by atoms with Crippen molar-refractivity contribution >= 4 is 52.4 Å². The Kier molecular flexibility index (Phi) is 12.9. The third-order valence-electron chi connectivity index (χ3n) is 13.5. The number of halogens is 1. The Morgan fingerprint density at radius 2 is 1.67 bits per heavy atom. The molecule has 2 unspecified atom stereocenters. The van der Waals surface area contributed by atoms with Gasteiger partial charge in [-0.05, 0) is 93.7 Å². The average molecular weight is 903 g/mol. The molecule has 1 amide bonds. The minimum absolute atomic E-state index is 0.0116. The van der Waals surface area contributed by atoms with Gasteiger partial charge in [0, 0.05) is 31.7 Å². The van der Waals surface area contributed by atoms with Crippen LogP contribution in [-0.4, -0.2) is 122 Å². The number of piperazine rings is 1. The van der Waals surface area contributed by atoms with Crippen LogP contribution in [0, 0.1) is 17.3 Å². The molecule has 0 saturated carbocycles. The van der Waals surface area contributed by atoms with Gasteiger partial charge in [-0.25, -0.2) is 9.18 Å². The Hall–Kier alpha value is -4.27. The lowest BCUT2D eigenvalue weighted by Crippen LogP contribution is -2.66. The molecule has 16 heteroatoms. The zero-order chi connectivity index (χ0) is 44.8. The second-order valence-electron chi connectivity index (χ2n) is 19.6. The number of hydrogen-bond donors (Lipinski definition) is 0. The number of rotatable bonds is 12. The highest BCUT2D eigenvalue weighted by Gasteiger charge is 2.46. The Morgan fingerprint density at radius 1 is 0.984 bits per heavy atom. The molecule has 2 bridgehead atoms. The number of amides is 1. The van der Waals surface area contributed by atoms with Gasteiger partial charge in [0.05, 0.1) is 36.4 Å². The Balaban J connectivity index is 1.21. The molecule has 0 spiro atoms. The number of carbonyl (C=O) groups excluding carboxylic acids is 1. The Morgan fingerprint density at radius 3 is 2.30 bits per heavy atom. The lowest BCUT2D eigenvalue weighted by Gasteiger charge is -2.49. The summed E-state index contributed by atoms with van der Waals surface area (Å²) in [6.07, 6.45) is 4.11. The zero-order valence-electron chi connectivity index (χ0n) is 38.5. The highest BCUT2D eigenvalue weighted by molar-refractivity contribution is 7.19. The fraction of sp³-hybridized carbons (Fsp3) is 0.617. The molecular formula is C47H63FN6O7SSi. The van der Waals surface area contributed by atoms with Crippen LogP contribution in [0.4, 0.5) is 15.0 Å². The van der Waals surface area contributed by atoms with Gasteiger partial charge in [-0.1, -0.05) is 64.9 Å². The van der Waals surface area contributed by atoms with Crippen molar-refractivity contribution in [1.29, 1.82) is 0 Å². The highest BCUT2D eigenvalue weighted by atomic mass is 32.1. The summed E-state index contributed by atoms with van der Waals surface area (Å²) >= 11 is 1.27. The molecule has 6 heterocycles. The van der Waals surface area contributed by atoms with Crippen LogP contribution in [0.15, 0.2) is 24.3 Å². The van der Waals surface area contributed by atoms with Crippen molar-refractivity contribution in [1.82, 2.24) is 24.8 Å². The van der Waals surface area contributed by atoms with Crippen LogP contribution < -0.4 is 19.1 Å². The molecule has 2 aromatic carbocycles. The maximum atomic E-state index is 16.2. The van der Waals surface area contributed by atoms with E-state index in [1.54, 1.807) is 19.2 Å². The van der Waals surface area contributed by atoms with E-state index < -0.39 is 19.5 Å². The molecule has 13 nitrogen and oxygen atoms in total. The van der Waals surface area contributed by atoms with Crippen LogP contribution in [0.2, 0.25) is 16.6 Å². The first-order valence-electron chi connectivity index (χ1n) is 22.5. The van der Waals surface area contributed by atoms with Gasteiger partial charge in [-0.15, -0.1) is 5.54 Å². The normalized spacial score (nSPS) is 20.2. The van der Waals surface area contributed by atoms with E-state index in [1.807, 2.05) is 31.7 Å². The molecule has 4 aliphatic heterocycles. The van der Waals surface area contributed by atoms with Crippen LogP contribution in [0.25, 0.3) is 21.1 Å². The predicted molar refractivity (Wildman–Crippen MR) is 247 cm³/mol. The van der Waals surface area contributed by atoms with E-state index in [-0.39, 0.29) is 47.3 Å². The predicted octanol–water partition coefficient (Wildman–Crippen LogP) is 9.55. The molecule has 4 fully saturated rings. The molecule has 8 rings (SSSR count). The van der Waals surface area contributed by atoms with E-state index in [0.29, 0.717) is 88.0 Å². The van der Waals surface area contributed by atoms with E-state index in [1.165, 1.54) is 17.4 Å². The van der Waals surface area contributed by atoms with Crippen LogP contribution in [0.3, 0.4) is 0 Å². The van der Waals surface area contributed by atoms with Crippen molar-refractivity contribution in [3.05, 3.63) is 35.6 Å². The summed E-state index contributed by atoms with van der Waals surface area (Å²) in [6.45, 7) is 23.3. The Bertz CT molecular complexity index is 2350. The van der Waals surface area contributed by atoms with Crippen LogP contribution in [0.1, 0.15) is 93.6 Å². The summed E-state index contributed by atoms with van der Waals surface area (Å²) in [5.74, 6) is 4.39. The number of ether oxygens (including phenoxy) is 6. The first-order valence-corrected chi connectivity index (χ1v) is 25.6. The number of hydrogen-bond acceptors (Lipinski definition) is 13. The van der Waals surface area contributed by atoms with Crippen molar-refractivity contribution in [3.63, 3.8) is 0 Å². The Labute approximate surface area is 375 Å². The van der Waals surface area contributed by atoms with Crippen molar-refractivity contribution < 1.29 is 37.6 Å². The minimum Gasteiger partial charge on any atom is -0.467 e. The molecule has 63 heavy (non-hydrogen) atoms. The van der Waals surface area contributed by atoms with Gasteiger partial charge in [-0.3, -0.25) is 9.80 Å². The molecule has 2 atom stereocenters. The summed E-state index contributed by atoms with van der Waals surface area (Å²) in [5.41, 5.74) is 4.98. The quantitative estimate of drug-likeness (QED) is 0.0765. The smallest absolute Gasteiger partial charge is 0.411 e. The number of nitrogens with zero attached hydrogens (tertiary/aromatic N) is 6.